The summed E-state index contributed by atoms with van der Waals surface area (Å²) >= 11 is 0. The summed E-state index contributed by atoms with van der Waals surface area (Å²) in [6, 6.07) is 0. The summed E-state index contributed by atoms with van der Waals surface area (Å²) in [6.07, 6.45) is 15.1. The Kier molecular flexibility index (Phi) is 2.43. The molecule has 1 heteroatoms. The van der Waals surface area contributed by atoms with Crippen molar-refractivity contribution in [3.8, 4) is 0 Å². The van der Waals surface area contributed by atoms with Crippen LogP contribution < -0.4 is 0 Å². The predicted molar refractivity (Wildman–Crippen MR) is 76.7 cm³/mol. The van der Waals surface area contributed by atoms with E-state index in [-0.39, 0.29) is 0 Å². The van der Waals surface area contributed by atoms with Crippen molar-refractivity contribution in [3.63, 3.8) is 0 Å². The molecular weight excluding hydrogens is 232 g/mol. The molecule has 4 aliphatic rings. The molecule has 0 amide bonds. The number of hydrogen-bond acceptors (Lipinski definition) is 1. The second-order valence-corrected chi connectivity index (χ2v) is 7.05. The average Bonchev–Trinajstić information content (AvgIpc) is 2.79. The Morgan fingerprint density at radius 1 is 1.21 bits per heavy atom. The fourth-order valence-corrected chi connectivity index (χ4v) is 5.01. The molecule has 4 rings (SSSR count). The molecule has 1 nitrogen and oxygen atoms in total. The first-order chi connectivity index (χ1) is 9.17. The highest BCUT2D eigenvalue weighted by molar-refractivity contribution is 5.93. The number of carbonyl (C=O) groups excluding carboxylic acids is 1. The second kappa shape index (κ2) is 3.94. The van der Waals surface area contributed by atoms with Crippen LogP contribution in [0.1, 0.15) is 51.9 Å². The van der Waals surface area contributed by atoms with E-state index in [2.05, 4.69) is 19.1 Å². The highest BCUT2D eigenvalue weighted by Gasteiger charge is 2.46. The molecule has 3 atom stereocenters. The van der Waals surface area contributed by atoms with Gasteiger partial charge >= 0.3 is 0 Å². The monoisotopic (exact) mass is 254 g/mol. The Morgan fingerprint density at radius 2 is 2.11 bits per heavy atom. The van der Waals surface area contributed by atoms with E-state index in [1.54, 1.807) is 5.57 Å². The molecule has 0 aromatic heterocycles. The largest absolute Gasteiger partial charge is 0.295 e. The third-order valence-corrected chi connectivity index (χ3v) is 6.02. The predicted octanol–water partition coefficient (Wildman–Crippen LogP) is 4.36. The van der Waals surface area contributed by atoms with Crippen molar-refractivity contribution in [2.24, 2.45) is 17.3 Å². The Morgan fingerprint density at radius 3 is 3.00 bits per heavy atom. The highest BCUT2D eigenvalue weighted by Crippen LogP contribution is 2.56. The second-order valence-electron chi connectivity index (χ2n) is 7.05. The number of ketones is 1. The van der Waals surface area contributed by atoms with Crippen molar-refractivity contribution in [1.29, 1.82) is 0 Å². The summed E-state index contributed by atoms with van der Waals surface area (Å²) in [5.74, 6) is 1.97. The van der Waals surface area contributed by atoms with Crippen molar-refractivity contribution in [2.75, 3.05) is 0 Å². The fourth-order valence-electron chi connectivity index (χ4n) is 5.01. The third-order valence-electron chi connectivity index (χ3n) is 6.02. The van der Waals surface area contributed by atoms with Crippen LogP contribution in [0.25, 0.3) is 0 Å². The lowest BCUT2D eigenvalue weighted by atomic mass is 9.61. The number of carbonyl (C=O) groups is 1. The van der Waals surface area contributed by atoms with Gasteiger partial charge in [-0.1, -0.05) is 25.5 Å². The topological polar surface area (TPSA) is 17.1 Å². The van der Waals surface area contributed by atoms with Gasteiger partial charge in [-0.05, 0) is 72.2 Å². The SMILES string of the molecule is CC12C=CC3=C4CCC(=O)C=C4CCC3C1CCC2. The van der Waals surface area contributed by atoms with Crippen LogP contribution in [0, 0.1) is 17.3 Å². The minimum absolute atomic E-state index is 0.336. The molecule has 0 saturated heterocycles. The molecule has 19 heavy (non-hydrogen) atoms. The maximum absolute atomic E-state index is 11.6. The van der Waals surface area contributed by atoms with E-state index >= 15 is 0 Å². The van der Waals surface area contributed by atoms with Gasteiger partial charge in [0.15, 0.2) is 5.78 Å². The molecule has 0 spiro atoms. The van der Waals surface area contributed by atoms with Crippen LogP contribution in [0.2, 0.25) is 0 Å². The van der Waals surface area contributed by atoms with Crippen LogP contribution in [-0.2, 0) is 4.79 Å². The molecule has 1 fully saturated rings. The standard InChI is InChI=1S/C18H22O/c1-18-9-2-3-17(18)16-6-4-12-11-13(19)5-7-14(12)15(16)8-10-18/h8,10-11,16-17H,2-7,9H2,1H3. The molecule has 0 radical (unpaired) electrons. The summed E-state index contributed by atoms with van der Waals surface area (Å²) in [4.78, 5) is 11.6. The van der Waals surface area contributed by atoms with Crippen LogP contribution in [0.15, 0.2) is 34.9 Å². The van der Waals surface area contributed by atoms with E-state index in [1.165, 1.54) is 36.8 Å². The van der Waals surface area contributed by atoms with E-state index in [1.807, 2.05) is 6.08 Å². The van der Waals surface area contributed by atoms with Gasteiger partial charge in [0.1, 0.15) is 0 Å². The molecule has 0 bridgehead atoms. The molecule has 100 valence electrons. The molecule has 4 aliphatic carbocycles. The maximum Gasteiger partial charge on any atom is 0.156 e. The van der Waals surface area contributed by atoms with Gasteiger partial charge in [-0.3, -0.25) is 4.79 Å². The summed E-state index contributed by atoms with van der Waals surface area (Å²) in [7, 11) is 0. The molecule has 0 N–H and O–H groups in total. The van der Waals surface area contributed by atoms with Crippen LogP contribution >= 0.6 is 0 Å². The number of rotatable bonds is 0. The molecule has 3 unspecified atom stereocenters. The summed E-state index contributed by atoms with van der Waals surface area (Å²) in [5, 5.41) is 0. The normalized spacial score (nSPS) is 40.7. The summed E-state index contributed by atoms with van der Waals surface area (Å²) < 4.78 is 0. The van der Waals surface area contributed by atoms with Crippen LogP contribution in [0.4, 0.5) is 0 Å². The Hall–Kier alpha value is -1.11. The van der Waals surface area contributed by atoms with Crippen LogP contribution in [0.3, 0.4) is 0 Å². The van der Waals surface area contributed by atoms with E-state index in [0.717, 1.165) is 31.1 Å². The van der Waals surface area contributed by atoms with Gasteiger partial charge in [0.25, 0.3) is 0 Å². The molecule has 0 aliphatic heterocycles. The van der Waals surface area contributed by atoms with E-state index < -0.39 is 0 Å². The van der Waals surface area contributed by atoms with Gasteiger partial charge in [0.05, 0.1) is 0 Å². The first-order valence-corrected chi connectivity index (χ1v) is 7.83. The number of allylic oxidation sites excluding steroid dienone is 6. The van der Waals surface area contributed by atoms with Gasteiger partial charge in [0.2, 0.25) is 0 Å². The molecule has 1 saturated carbocycles. The molecule has 0 aromatic rings. The van der Waals surface area contributed by atoms with Crippen molar-refractivity contribution in [1.82, 2.24) is 0 Å². The van der Waals surface area contributed by atoms with Crippen LogP contribution in [0.5, 0.6) is 0 Å². The van der Waals surface area contributed by atoms with Gasteiger partial charge in [-0.25, -0.2) is 0 Å². The maximum atomic E-state index is 11.6. The van der Waals surface area contributed by atoms with Gasteiger partial charge in [0, 0.05) is 6.42 Å². The molecular formula is C18H22O. The molecule has 0 aromatic carbocycles. The van der Waals surface area contributed by atoms with Gasteiger partial charge < -0.3 is 0 Å². The third kappa shape index (κ3) is 1.63. The summed E-state index contributed by atoms with van der Waals surface area (Å²) in [5.41, 5.74) is 4.93. The van der Waals surface area contributed by atoms with Crippen molar-refractivity contribution >= 4 is 5.78 Å². The Balaban J connectivity index is 1.82. The van der Waals surface area contributed by atoms with Gasteiger partial charge in [-0.15, -0.1) is 0 Å². The Labute approximate surface area is 115 Å². The van der Waals surface area contributed by atoms with Crippen molar-refractivity contribution < 1.29 is 4.79 Å². The lowest BCUT2D eigenvalue weighted by Gasteiger charge is -2.43. The highest BCUT2D eigenvalue weighted by atomic mass is 16.1. The average molecular weight is 254 g/mol. The van der Waals surface area contributed by atoms with Gasteiger partial charge in [-0.2, -0.15) is 0 Å². The van der Waals surface area contributed by atoms with E-state index in [0.29, 0.717) is 11.2 Å². The zero-order valence-electron chi connectivity index (χ0n) is 11.7. The lowest BCUT2D eigenvalue weighted by Crippen LogP contribution is -2.33. The number of fused-ring (bicyclic) bond motifs is 4. The first kappa shape index (κ1) is 11.7. The minimum Gasteiger partial charge on any atom is -0.295 e. The smallest absolute Gasteiger partial charge is 0.156 e. The van der Waals surface area contributed by atoms with E-state index in [9.17, 15) is 4.79 Å². The van der Waals surface area contributed by atoms with Crippen molar-refractivity contribution in [2.45, 2.75) is 51.9 Å². The lowest BCUT2D eigenvalue weighted by molar-refractivity contribution is -0.114. The fraction of sp³-hybridized carbons (Fsp3) is 0.611. The minimum atomic E-state index is 0.336. The van der Waals surface area contributed by atoms with Crippen LogP contribution in [-0.4, -0.2) is 5.78 Å². The molecule has 0 heterocycles. The number of hydrogen-bond donors (Lipinski definition) is 0. The quantitative estimate of drug-likeness (QED) is 0.628. The zero-order valence-corrected chi connectivity index (χ0v) is 11.7. The summed E-state index contributed by atoms with van der Waals surface area (Å²) in [6.45, 7) is 2.46. The Bertz CT molecular complexity index is 534. The zero-order chi connectivity index (χ0) is 13.0. The van der Waals surface area contributed by atoms with E-state index in [4.69, 9.17) is 0 Å². The first-order valence-electron chi connectivity index (χ1n) is 7.83. The van der Waals surface area contributed by atoms with Crippen molar-refractivity contribution in [3.05, 3.63) is 34.9 Å².